The van der Waals surface area contributed by atoms with E-state index in [9.17, 15) is 14.4 Å². The van der Waals surface area contributed by atoms with Crippen molar-refractivity contribution in [1.29, 1.82) is 0 Å². The van der Waals surface area contributed by atoms with E-state index in [1.165, 1.54) is 0 Å². The monoisotopic (exact) mass is 342 g/mol. The van der Waals surface area contributed by atoms with Crippen molar-refractivity contribution in [3.8, 4) is 0 Å². The third-order valence-electron chi connectivity index (χ3n) is 3.45. The highest BCUT2D eigenvalue weighted by Gasteiger charge is 2.29. The summed E-state index contributed by atoms with van der Waals surface area (Å²) in [5, 5.41) is 10.9. The van der Waals surface area contributed by atoms with E-state index in [2.05, 4.69) is 21.3 Å². The highest BCUT2D eigenvalue weighted by molar-refractivity contribution is 7.80. The van der Waals surface area contributed by atoms with Crippen LogP contribution in [0.4, 0.5) is 0 Å². The van der Waals surface area contributed by atoms with Gasteiger partial charge in [-0.1, -0.05) is 26.1 Å². The van der Waals surface area contributed by atoms with Gasteiger partial charge in [-0.05, 0) is 25.7 Å². The Balaban J connectivity index is 2.57. The summed E-state index contributed by atoms with van der Waals surface area (Å²) in [4.78, 5) is 36.6. The normalized spacial score (nSPS) is 18.3. The van der Waals surface area contributed by atoms with Crippen LogP contribution in [-0.4, -0.2) is 47.9 Å². The number of hydrogen-bond donors (Lipinski definition) is 4. The lowest BCUT2D eigenvalue weighted by atomic mass is 10.0. The summed E-state index contributed by atoms with van der Waals surface area (Å²) >= 11 is 5.03. The van der Waals surface area contributed by atoms with E-state index in [0.717, 1.165) is 0 Å². The molecule has 7 nitrogen and oxygen atoms in total. The second-order valence-electron chi connectivity index (χ2n) is 6.02. The average molecular weight is 342 g/mol. The Morgan fingerprint density at radius 1 is 1.30 bits per heavy atom. The fraction of sp³-hybridized carbons (Fsp3) is 0.733. The van der Waals surface area contributed by atoms with Crippen molar-refractivity contribution in [2.75, 3.05) is 13.1 Å². The molecule has 0 radical (unpaired) electrons. The van der Waals surface area contributed by atoms with Crippen molar-refractivity contribution in [3.05, 3.63) is 0 Å². The molecule has 1 heterocycles. The second-order valence-corrected chi connectivity index (χ2v) is 6.51. The third kappa shape index (κ3) is 6.94. The maximum atomic E-state index is 12.3. The van der Waals surface area contributed by atoms with Gasteiger partial charge in [-0.25, -0.2) is 0 Å². The SMILES string of the molecule is CCNC(=O)CNC(=O)[C@H](CC(C)C)NC(=O)[C@@H]1CCC(=S)N1. The molecular weight excluding hydrogens is 316 g/mol. The number of carbonyl (C=O) groups excluding carboxylic acids is 3. The van der Waals surface area contributed by atoms with Gasteiger partial charge in [0, 0.05) is 13.0 Å². The van der Waals surface area contributed by atoms with Gasteiger partial charge in [-0.3, -0.25) is 14.4 Å². The van der Waals surface area contributed by atoms with Crippen LogP contribution in [0.25, 0.3) is 0 Å². The number of thiocarbonyl (C=S) groups is 1. The smallest absolute Gasteiger partial charge is 0.243 e. The number of likely N-dealkylation sites (N-methyl/N-ethyl adjacent to an activating group) is 1. The number of nitrogens with one attached hydrogen (secondary N) is 4. The lowest BCUT2D eigenvalue weighted by molar-refractivity contribution is -0.131. The summed E-state index contributed by atoms with van der Waals surface area (Å²) in [7, 11) is 0. The minimum atomic E-state index is -0.659. The lowest BCUT2D eigenvalue weighted by Gasteiger charge is -2.22. The molecule has 0 spiro atoms. The van der Waals surface area contributed by atoms with Crippen molar-refractivity contribution in [2.45, 2.75) is 52.1 Å². The third-order valence-corrected chi connectivity index (χ3v) is 3.77. The fourth-order valence-corrected chi connectivity index (χ4v) is 2.60. The molecule has 3 amide bonds. The molecule has 1 rings (SSSR count). The molecule has 1 saturated heterocycles. The topological polar surface area (TPSA) is 99.3 Å². The average Bonchev–Trinajstić information content (AvgIpc) is 2.90. The summed E-state index contributed by atoms with van der Waals surface area (Å²) in [5.74, 6) is -0.603. The first kappa shape index (κ1) is 19.3. The first-order valence-corrected chi connectivity index (χ1v) is 8.38. The maximum absolute atomic E-state index is 12.3. The van der Waals surface area contributed by atoms with Crippen LogP contribution in [-0.2, 0) is 14.4 Å². The second kappa shape index (κ2) is 9.44. The van der Waals surface area contributed by atoms with Gasteiger partial charge in [0.1, 0.15) is 12.1 Å². The molecule has 0 aliphatic carbocycles. The molecule has 0 saturated carbocycles. The van der Waals surface area contributed by atoms with E-state index in [0.29, 0.717) is 30.8 Å². The molecule has 0 unspecified atom stereocenters. The number of hydrogen-bond acceptors (Lipinski definition) is 4. The predicted molar refractivity (Wildman–Crippen MR) is 91.8 cm³/mol. The summed E-state index contributed by atoms with van der Waals surface area (Å²) in [6, 6.07) is -1.04. The van der Waals surface area contributed by atoms with Crippen molar-refractivity contribution < 1.29 is 14.4 Å². The van der Waals surface area contributed by atoms with Crippen LogP contribution in [0.3, 0.4) is 0 Å². The Labute approximate surface area is 142 Å². The number of amides is 3. The van der Waals surface area contributed by atoms with Crippen molar-refractivity contribution >= 4 is 34.9 Å². The number of rotatable bonds is 8. The van der Waals surface area contributed by atoms with Crippen LogP contribution >= 0.6 is 12.2 Å². The van der Waals surface area contributed by atoms with E-state index >= 15 is 0 Å². The van der Waals surface area contributed by atoms with Gasteiger partial charge in [0.2, 0.25) is 17.7 Å². The predicted octanol–water partition coefficient (Wildman–Crippen LogP) is -0.151. The molecule has 1 fully saturated rings. The standard InChI is InChI=1S/C15H26N4O3S/c1-4-16-12(20)8-17-14(21)11(7-9(2)3)19-15(22)10-5-6-13(23)18-10/h9-11H,4-8H2,1-3H3,(H,16,20)(H,17,21)(H,18,23)(H,19,22)/t10-,11-/m0/s1. The Morgan fingerprint density at radius 2 is 2.00 bits per heavy atom. The van der Waals surface area contributed by atoms with Gasteiger partial charge in [0.15, 0.2) is 0 Å². The fourth-order valence-electron chi connectivity index (χ4n) is 2.34. The lowest BCUT2D eigenvalue weighted by Crippen LogP contribution is -2.53. The molecule has 23 heavy (non-hydrogen) atoms. The molecule has 1 aliphatic heterocycles. The molecule has 0 aromatic carbocycles. The summed E-state index contributed by atoms with van der Waals surface area (Å²) in [5.41, 5.74) is 0. The molecule has 130 valence electrons. The molecule has 2 atom stereocenters. The van der Waals surface area contributed by atoms with Crippen molar-refractivity contribution in [1.82, 2.24) is 21.3 Å². The van der Waals surface area contributed by atoms with Gasteiger partial charge >= 0.3 is 0 Å². The van der Waals surface area contributed by atoms with Gasteiger partial charge in [-0.15, -0.1) is 0 Å². The van der Waals surface area contributed by atoms with Crippen LogP contribution in [0.5, 0.6) is 0 Å². The molecule has 0 aromatic rings. The minimum Gasteiger partial charge on any atom is -0.368 e. The highest BCUT2D eigenvalue weighted by atomic mass is 32.1. The first-order valence-electron chi connectivity index (χ1n) is 7.97. The van der Waals surface area contributed by atoms with Crippen LogP contribution in [0.1, 0.15) is 40.0 Å². The summed E-state index contributed by atoms with van der Waals surface area (Å²) in [6.45, 7) is 6.16. The van der Waals surface area contributed by atoms with Gasteiger partial charge in [0.05, 0.1) is 11.5 Å². The molecular formula is C15H26N4O3S. The Bertz CT molecular complexity index is 468. The quantitative estimate of drug-likeness (QED) is 0.460. The van der Waals surface area contributed by atoms with Gasteiger partial charge in [-0.2, -0.15) is 0 Å². The Kier molecular flexibility index (Phi) is 7.94. The zero-order chi connectivity index (χ0) is 17.4. The summed E-state index contributed by atoms with van der Waals surface area (Å²) < 4.78 is 0. The number of carbonyl (C=O) groups is 3. The van der Waals surface area contributed by atoms with Gasteiger partial charge < -0.3 is 21.3 Å². The summed E-state index contributed by atoms with van der Waals surface area (Å²) in [6.07, 6.45) is 1.83. The molecule has 8 heteroatoms. The highest BCUT2D eigenvalue weighted by Crippen LogP contribution is 2.10. The Hall–Kier alpha value is -1.70. The van der Waals surface area contributed by atoms with Crippen LogP contribution < -0.4 is 21.3 Å². The van der Waals surface area contributed by atoms with E-state index in [-0.39, 0.29) is 36.2 Å². The van der Waals surface area contributed by atoms with Crippen LogP contribution in [0.15, 0.2) is 0 Å². The zero-order valence-electron chi connectivity index (χ0n) is 13.9. The minimum absolute atomic E-state index is 0.0943. The van der Waals surface area contributed by atoms with Crippen LogP contribution in [0.2, 0.25) is 0 Å². The van der Waals surface area contributed by atoms with Crippen molar-refractivity contribution in [3.63, 3.8) is 0 Å². The van der Waals surface area contributed by atoms with E-state index < -0.39 is 6.04 Å². The zero-order valence-corrected chi connectivity index (χ0v) is 14.7. The van der Waals surface area contributed by atoms with E-state index in [1.807, 2.05) is 13.8 Å². The molecule has 4 N–H and O–H groups in total. The van der Waals surface area contributed by atoms with E-state index in [1.54, 1.807) is 6.92 Å². The van der Waals surface area contributed by atoms with Crippen molar-refractivity contribution in [2.24, 2.45) is 5.92 Å². The molecule has 0 bridgehead atoms. The first-order chi connectivity index (χ1) is 10.8. The maximum Gasteiger partial charge on any atom is 0.243 e. The van der Waals surface area contributed by atoms with Gasteiger partial charge in [0.25, 0.3) is 0 Å². The van der Waals surface area contributed by atoms with Crippen LogP contribution in [0, 0.1) is 5.92 Å². The largest absolute Gasteiger partial charge is 0.368 e. The Morgan fingerprint density at radius 3 is 2.52 bits per heavy atom. The molecule has 1 aliphatic rings. The molecule has 0 aromatic heterocycles. The van der Waals surface area contributed by atoms with E-state index in [4.69, 9.17) is 12.2 Å².